The average molecular weight is 453 g/mol. The van der Waals surface area contributed by atoms with E-state index < -0.39 is 22.2 Å². The molecule has 0 amide bonds. The van der Waals surface area contributed by atoms with Crippen LogP contribution in [0.4, 0.5) is 13.2 Å². The normalized spacial score (nSPS) is 19.9. The van der Waals surface area contributed by atoms with Crippen LogP contribution >= 0.6 is 0 Å². The van der Waals surface area contributed by atoms with Gasteiger partial charge in [0, 0.05) is 43.5 Å². The molecule has 0 radical (unpaired) electrons. The summed E-state index contributed by atoms with van der Waals surface area (Å²) in [4.78, 5) is 15.5. The average Bonchev–Trinajstić information content (AvgIpc) is 3.08. The molecule has 0 atom stereocenters. The Balaban J connectivity index is 0.000000396. The van der Waals surface area contributed by atoms with E-state index >= 15 is 0 Å². The van der Waals surface area contributed by atoms with E-state index in [1.165, 1.54) is 6.26 Å². The van der Waals surface area contributed by atoms with Crippen LogP contribution in [0.15, 0.2) is 18.3 Å². The van der Waals surface area contributed by atoms with E-state index in [1.807, 2.05) is 12.1 Å². The van der Waals surface area contributed by atoms with Crippen LogP contribution in [-0.2, 0) is 21.4 Å². The van der Waals surface area contributed by atoms with Gasteiger partial charge in [-0.1, -0.05) is 6.07 Å². The molecule has 1 spiro atoms. The molecule has 0 unspecified atom stereocenters. The fraction of sp³-hybridized carbons (Fsp3) is 0.667. The largest absolute Gasteiger partial charge is 0.490 e. The Morgan fingerprint density at radius 1 is 1.27 bits per heavy atom. The molecule has 0 aromatic carbocycles. The molecule has 1 aromatic heterocycles. The minimum atomic E-state index is -5.08. The topological polar surface area (TPSA) is 100 Å². The highest BCUT2D eigenvalue weighted by Crippen LogP contribution is 2.40. The van der Waals surface area contributed by atoms with Crippen molar-refractivity contribution in [3.05, 3.63) is 23.9 Å². The van der Waals surface area contributed by atoms with Crippen LogP contribution in [-0.4, -0.2) is 78.4 Å². The summed E-state index contributed by atoms with van der Waals surface area (Å²) in [6.07, 6.45) is 1.77. The standard InChI is InChI=1S/C16H25N3O3S.C2HF3O2/c1-22-15-14(5-3-9-17-15)13-18-11-7-16(8-12-18)6-4-10-19(16)23(2,20)21;3-2(4,5)1(6)7/h3,5,9H,4,6-8,10-13H2,1-2H3;(H,6,7). The minimum absolute atomic E-state index is 0.150. The molecule has 170 valence electrons. The maximum absolute atomic E-state index is 12.1. The molecule has 0 saturated carbocycles. The summed E-state index contributed by atoms with van der Waals surface area (Å²) < 4.78 is 62.9. The number of aliphatic carboxylic acids is 1. The van der Waals surface area contributed by atoms with Gasteiger partial charge in [-0.25, -0.2) is 18.2 Å². The third-order valence-corrected chi connectivity index (χ3v) is 6.77. The van der Waals surface area contributed by atoms with Crippen molar-refractivity contribution in [2.45, 2.75) is 43.9 Å². The highest BCUT2D eigenvalue weighted by atomic mass is 32.2. The first kappa shape index (κ1) is 24.4. The SMILES string of the molecule is COc1ncccc1CN1CCC2(CCCN2S(C)(=O)=O)CC1.O=C(O)C(F)(F)F. The van der Waals surface area contributed by atoms with Gasteiger partial charge in [0.2, 0.25) is 15.9 Å². The lowest BCUT2D eigenvalue weighted by Gasteiger charge is -2.43. The lowest BCUT2D eigenvalue weighted by atomic mass is 9.86. The molecule has 2 aliphatic heterocycles. The Morgan fingerprint density at radius 3 is 2.37 bits per heavy atom. The summed E-state index contributed by atoms with van der Waals surface area (Å²) in [5.74, 6) is -2.08. The molecule has 0 aliphatic carbocycles. The van der Waals surface area contributed by atoms with Crippen LogP contribution in [0.5, 0.6) is 5.88 Å². The summed E-state index contributed by atoms with van der Waals surface area (Å²) in [5, 5.41) is 7.12. The van der Waals surface area contributed by atoms with Crippen LogP contribution in [0.3, 0.4) is 0 Å². The number of hydrogen-bond donors (Lipinski definition) is 1. The number of likely N-dealkylation sites (tertiary alicyclic amines) is 1. The number of carboxylic acids is 1. The predicted octanol–water partition coefficient (Wildman–Crippen LogP) is 2.11. The fourth-order valence-corrected chi connectivity index (χ4v) is 5.47. The van der Waals surface area contributed by atoms with E-state index in [4.69, 9.17) is 14.6 Å². The number of aromatic nitrogens is 1. The van der Waals surface area contributed by atoms with Gasteiger partial charge in [-0.05, 0) is 31.7 Å². The van der Waals surface area contributed by atoms with Gasteiger partial charge < -0.3 is 9.84 Å². The van der Waals surface area contributed by atoms with Gasteiger partial charge in [-0.3, -0.25) is 4.90 Å². The van der Waals surface area contributed by atoms with Gasteiger partial charge in [-0.2, -0.15) is 17.5 Å². The summed E-state index contributed by atoms with van der Waals surface area (Å²) in [7, 11) is -1.47. The molecular formula is C18H26F3N3O5S. The number of sulfonamides is 1. The number of ether oxygens (including phenoxy) is 1. The molecule has 0 bridgehead atoms. The number of carbonyl (C=O) groups is 1. The van der Waals surface area contributed by atoms with Crippen molar-refractivity contribution in [2.24, 2.45) is 0 Å². The molecule has 1 N–H and O–H groups in total. The molecular weight excluding hydrogens is 427 g/mol. The number of alkyl halides is 3. The number of nitrogens with zero attached hydrogens (tertiary/aromatic N) is 3. The van der Waals surface area contributed by atoms with Gasteiger partial charge >= 0.3 is 12.1 Å². The first-order valence-electron chi connectivity index (χ1n) is 9.37. The van der Waals surface area contributed by atoms with Crippen LogP contribution in [0.25, 0.3) is 0 Å². The van der Waals surface area contributed by atoms with Crippen LogP contribution in [0.2, 0.25) is 0 Å². The van der Waals surface area contributed by atoms with Gasteiger partial charge in [0.25, 0.3) is 0 Å². The molecule has 3 heterocycles. The molecule has 3 rings (SSSR count). The Labute approximate surface area is 173 Å². The number of methoxy groups -OCH3 is 1. The number of carboxylic acid groups (broad SMARTS) is 1. The lowest BCUT2D eigenvalue weighted by Crippen LogP contribution is -2.53. The van der Waals surface area contributed by atoms with Gasteiger partial charge in [-0.15, -0.1) is 0 Å². The second-order valence-electron chi connectivity index (χ2n) is 7.41. The van der Waals surface area contributed by atoms with E-state index in [1.54, 1.807) is 17.6 Å². The molecule has 2 saturated heterocycles. The summed E-state index contributed by atoms with van der Waals surface area (Å²) in [6, 6.07) is 3.96. The Bertz CT molecular complexity index is 840. The molecule has 30 heavy (non-hydrogen) atoms. The zero-order valence-electron chi connectivity index (χ0n) is 16.9. The van der Waals surface area contributed by atoms with Crippen molar-refractivity contribution in [1.29, 1.82) is 0 Å². The summed E-state index contributed by atoms with van der Waals surface area (Å²) in [5.41, 5.74) is 0.931. The number of hydrogen-bond acceptors (Lipinski definition) is 6. The van der Waals surface area contributed by atoms with E-state index in [-0.39, 0.29) is 5.54 Å². The third kappa shape index (κ3) is 6.05. The third-order valence-electron chi connectivity index (χ3n) is 5.40. The van der Waals surface area contributed by atoms with E-state index in [0.29, 0.717) is 12.4 Å². The molecule has 12 heteroatoms. The maximum atomic E-state index is 12.1. The monoisotopic (exact) mass is 453 g/mol. The van der Waals surface area contributed by atoms with Crippen molar-refractivity contribution in [3.8, 4) is 5.88 Å². The van der Waals surface area contributed by atoms with Crippen molar-refractivity contribution in [3.63, 3.8) is 0 Å². The number of rotatable bonds is 4. The quantitative estimate of drug-likeness (QED) is 0.745. The van der Waals surface area contributed by atoms with Crippen LogP contribution in [0.1, 0.15) is 31.2 Å². The van der Waals surface area contributed by atoms with E-state index in [2.05, 4.69) is 9.88 Å². The molecule has 2 aliphatic rings. The Kier molecular flexibility index (Phi) is 7.69. The van der Waals surface area contributed by atoms with Crippen molar-refractivity contribution in [1.82, 2.24) is 14.2 Å². The lowest BCUT2D eigenvalue weighted by molar-refractivity contribution is -0.192. The van der Waals surface area contributed by atoms with Gasteiger partial charge in [0.1, 0.15) is 0 Å². The van der Waals surface area contributed by atoms with Gasteiger partial charge in [0.05, 0.1) is 13.4 Å². The Hall–Kier alpha value is -1.92. The number of halogens is 3. The highest BCUT2D eigenvalue weighted by Gasteiger charge is 2.47. The Morgan fingerprint density at radius 2 is 1.87 bits per heavy atom. The summed E-state index contributed by atoms with van der Waals surface area (Å²) in [6.45, 7) is 3.29. The first-order chi connectivity index (χ1) is 13.9. The molecule has 8 nitrogen and oxygen atoms in total. The summed E-state index contributed by atoms with van der Waals surface area (Å²) >= 11 is 0. The highest BCUT2D eigenvalue weighted by molar-refractivity contribution is 7.88. The van der Waals surface area contributed by atoms with Crippen molar-refractivity contribution in [2.75, 3.05) is 33.0 Å². The van der Waals surface area contributed by atoms with Crippen molar-refractivity contribution < 1.29 is 36.2 Å². The fourth-order valence-electron chi connectivity index (χ4n) is 4.03. The number of pyridine rings is 1. The van der Waals surface area contributed by atoms with Crippen LogP contribution in [0, 0.1) is 0 Å². The molecule has 2 fully saturated rings. The zero-order chi connectivity index (χ0) is 22.6. The number of piperidine rings is 1. The zero-order valence-corrected chi connectivity index (χ0v) is 17.7. The van der Waals surface area contributed by atoms with Crippen LogP contribution < -0.4 is 4.74 Å². The second-order valence-corrected chi connectivity index (χ2v) is 9.32. The maximum Gasteiger partial charge on any atom is 0.490 e. The second kappa shape index (κ2) is 9.48. The minimum Gasteiger partial charge on any atom is -0.481 e. The van der Waals surface area contributed by atoms with Gasteiger partial charge in [0.15, 0.2) is 0 Å². The predicted molar refractivity (Wildman–Crippen MR) is 103 cm³/mol. The first-order valence-corrected chi connectivity index (χ1v) is 11.2. The van der Waals surface area contributed by atoms with Crippen molar-refractivity contribution >= 4 is 16.0 Å². The van der Waals surface area contributed by atoms with E-state index in [9.17, 15) is 21.6 Å². The molecule has 1 aromatic rings. The smallest absolute Gasteiger partial charge is 0.481 e. The van der Waals surface area contributed by atoms with E-state index in [0.717, 1.165) is 50.9 Å².